The molecule has 0 aromatic heterocycles. The summed E-state index contributed by atoms with van der Waals surface area (Å²) in [6.45, 7) is -2.84. The molecule has 160 valence electrons. The van der Waals surface area contributed by atoms with Gasteiger partial charge >= 0.3 is 6.61 Å². The maximum atomic E-state index is 12.5. The van der Waals surface area contributed by atoms with Crippen LogP contribution in [0, 0.1) is 0 Å². The smallest absolute Gasteiger partial charge is 0.387 e. The Morgan fingerprint density at radius 3 is 2.50 bits per heavy atom. The van der Waals surface area contributed by atoms with Gasteiger partial charge in [-0.3, -0.25) is 9.59 Å². The number of carbonyl (C=O) groups excluding carboxylic acids is 2. The maximum Gasteiger partial charge on any atom is 0.387 e. The first-order chi connectivity index (χ1) is 14.5. The Kier molecular flexibility index (Phi) is 7.38. The van der Waals surface area contributed by atoms with Gasteiger partial charge in [0.05, 0.1) is 7.11 Å². The largest absolute Gasteiger partial charge is 0.493 e. The molecule has 0 fully saturated rings. The van der Waals surface area contributed by atoms with Crippen LogP contribution in [-0.4, -0.2) is 25.4 Å². The summed E-state index contributed by atoms with van der Waals surface area (Å²) in [7, 11) is 1.36. The Morgan fingerprint density at radius 2 is 1.77 bits per heavy atom. The Bertz CT molecular complexity index is 914. The second kappa shape index (κ2) is 10.2. The standard InChI is InChI=1S/C23H25F2NO4/c1-29-20-10-6-15(12-21(20)30-23(24)25)14-26-22(28)11-9-19(27)18-8-7-16-4-2-3-5-17(16)13-18/h6-8,10,12-13,23H,2-5,9,11,14H2,1H3,(H,26,28). The number of methoxy groups -OCH3 is 1. The molecule has 30 heavy (non-hydrogen) atoms. The van der Waals surface area contributed by atoms with Gasteiger partial charge in [0.25, 0.3) is 0 Å². The van der Waals surface area contributed by atoms with Crippen LogP contribution < -0.4 is 14.8 Å². The average molecular weight is 417 g/mol. The summed E-state index contributed by atoms with van der Waals surface area (Å²) < 4.78 is 34.4. The number of nitrogens with one attached hydrogen (secondary N) is 1. The first kappa shape index (κ1) is 21.7. The van der Waals surface area contributed by atoms with Crippen molar-refractivity contribution in [3.8, 4) is 11.5 Å². The van der Waals surface area contributed by atoms with Crippen LogP contribution in [0.15, 0.2) is 36.4 Å². The molecule has 0 heterocycles. The van der Waals surface area contributed by atoms with Gasteiger partial charge in [0.15, 0.2) is 17.3 Å². The lowest BCUT2D eigenvalue weighted by Crippen LogP contribution is -2.23. The Balaban J connectivity index is 1.51. The number of ketones is 1. The van der Waals surface area contributed by atoms with Crippen LogP contribution in [0.3, 0.4) is 0 Å². The fourth-order valence-electron chi connectivity index (χ4n) is 3.59. The van der Waals surface area contributed by atoms with Crippen LogP contribution in [0.2, 0.25) is 0 Å². The Labute approximate surface area is 174 Å². The van der Waals surface area contributed by atoms with Crippen LogP contribution in [0.1, 0.15) is 52.7 Å². The zero-order valence-corrected chi connectivity index (χ0v) is 16.9. The summed E-state index contributed by atoms with van der Waals surface area (Å²) >= 11 is 0. The predicted octanol–water partition coefficient (Wildman–Crippen LogP) is 4.45. The molecule has 0 saturated carbocycles. The van der Waals surface area contributed by atoms with Gasteiger partial charge in [0, 0.05) is 24.9 Å². The predicted molar refractivity (Wildman–Crippen MR) is 108 cm³/mol. The highest BCUT2D eigenvalue weighted by Crippen LogP contribution is 2.29. The van der Waals surface area contributed by atoms with Gasteiger partial charge in [0.1, 0.15) is 0 Å². The summed E-state index contributed by atoms with van der Waals surface area (Å²) in [6, 6.07) is 10.4. The second-order valence-electron chi connectivity index (χ2n) is 7.25. The van der Waals surface area contributed by atoms with E-state index in [0.29, 0.717) is 11.1 Å². The number of Topliss-reactive ketones (excluding diaryl/α,β-unsaturated/α-hetero) is 1. The van der Waals surface area contributed by atoms with Gasteiger partial charge in [-0.1, -0.05) is 18.2 Å². The van der Waals surface area contributed by atoms with Crippen molar-refractivity contribution in [3.63, 3.8) is 0 Å². The molecule has 0 unspecified atom stereocenters. The number of amides is 1. The third-order valence-electron chi connectivity index (χ3n) is 5.18. The lowest BCUT2D eigenvalue weighted by molar-refractivity contribution is -0.121. The van der Waals surface area contributed by atoms with Crippen LogP contribution in [0.5, 0.6) is 11.5 Å². The zero-order valence-electron chi connectivity index (χ0n) is 16.9. The summed E-state index contributed by atoms with van der Waals surface area (Å²) in [5, 5.41) is 2.70. The van der Waals surface area contributed by atoms with E-state index in [4.69, 9.17) is 4.74 Å². The van der Waals surface area contributed by atoms with Crippen molar-refractivity contribution in [1.82, 2.24) is 5.32 Å². The minimum Gasteiger partial charge on any atom is -0.493 e. The highest BCUT2D eigenvalue weighted by atomic mass is 19.3. The number of hydrogen-bond acceptors (Lipinski definition) is 4. The molecule has 0 aliphatic heterocycles. The average Bonchev–Trinajstić information content (AvgIpc) is 2.75. The summed E-state index contributed by atoms with van der Waals surface area (Å²) in [5.74, 6) is -0.257. The SMILES string of the molecule is COc1ccc(CNC(=O)CCC(=O)c2ccc3c(c2)CCCC3)cc1OC(F)F. The number of carbonyl (C=O) groups is 2. The first-order valence-corrected chi connectivity index (χ1v) is 9.99. The molecule has 5 nitrogen and oxygen atoms in total. The van der Waals surface area contributed by atoms with Gasteiger partial charge in [-0.15, -0.1) is 0 Å². The quantitative estimate of drug-likeness (QED) is 0.612. The van der Waals surface area contributed by atoms with Crippen molar-refractivity contribution >= 4 is 11.7 Å². The highest BCUT2D eigenvalue weighted by Gasteiger charge is 2.15. The molecular weight excluding hydrogens is 392 g/mol. The molecule has 7 heteroatoms. The molecule has 0 radical (unpaired) electrons. The number of aryl methyl sites for hydroxylation is 2. The molecule has 0 atom stereocenters. The van der Waals surface area contributed by atoms with Crippen molar-refractivity contribution in [1.29, 1.82) is 0 Å². The highest BCUT2D eigenvalue weighted by molar-refractivity contribution is 5.98. The Morgan fingerprint density at radius 1 is 1.00 bits per heavy atom. The number of rotatable bonds is 9. The number of benzene rings is 2. The topological polar surface area (TPSA) is 64.6 Å². The van der Waals surface area contributed by atoms with Crippen LogP contribution in [0.25, 0.3) is 0 Å². The van der Waals surface area contributed by atoms with Crippen molar-refractivity contribution < 1.29 is 27.8 Å². The minimum absolute atomic E-state index is 0.0596. The van der Waals surface area contributed by atoms with Crippen molar-refractivity contribution in [2.45, 2.75) is 51.7 Å². The maximum absolute atomic E-state index is 12.5. The van der Waals surface area contributed by atoms with Gasteiger partial charge in [-0.2, -0.15) is 8.78 Å². The first-order valence-electron chi connectivity index (χ1n) is 9.99. The van der Waals surface area contributed by atoms with Crippen LogP contribution in [0.4, 0.5) is 8.78 Å². The number of halogens is 2. The Hall–Kier alpha value is -2.96. The van der Waals surface area contributed by atoms with Gasteiger partial charge in [-0.05, 0) is 60.6 Å². The minimum atomic E-state index is -2.97. The summed E-state index contributed by atoms with van der Waals surface area (Å²) in [6.07, 6.45) is 4.56. The molecule has 0 saturated heterocycles. The van der Waals surface area contributed by atoms with Gasteiger partial charge in [-0.25, -0.2) is 0 Å². The molecule has 2 aromatic rings. The van der Waals surface area contributed by atoms with E-state index in [2.05, 4.69) is 10.1 Å². The van der Waals surface area contributed by atoms with E-state index in [1.807, 2.05) is 18.2 Å². The van der Waals surface area contributed by atoms with Crippen molar-refractivity contribution in [2.24, 2.45) is 0 Å². The molecule has 0 bridgehead atoms. The molecule has 1 amide bonds. The van der Waals surface area contributed by atoms with Crippen molar-refractivity contribution in [2.75, 3.05) is 7.11 Å². The number of hydrogen-bond donors (Lipinski definition) is 1. The van der Waals surface area contributed by atoms with E-state index >= 15 is 0 Å². The molecule has 1 aliphatic rings. The second-order valence-corrected chi connectivity index (χ2v) is 7.25. The van der Waals surface area contributed by atoms with Gasteiger partial charge < -0.3 is 14.8 Å². The zero-order chi connectivity index (χ0) is 21.5. The van der Waals surface area contributed by atoms with Crippen LogP contribution >= 0.6 is 0 Å². The molecule has 1 aliphatic carbocycles. The normalized spacial score (nSPS) is 12.9. The molecule has 3 rings (SSSR count). The third kappa shape index (κ3) is 5.78. The summed E-state index contributed by atoms with van der Waals surface area (Å²) in [5.41, 5.74) is 3.77. The monoisotopic (exact) mass is 417 g/mol. The van der Waals surface area contributed by atoms with Gasteiger partial charge in [0.2, 0.25) is 5.91 Å². The van der Waals surface area contributed by atoms with E-state index in [1.54, 1.807) is 6.07 Å². The van der Waals surface area contributed by atoms with E-state index in [9.17, 15) is 18.4 Å². The fourth-order valence-corrected chi connectivity index (χ4v) is 3.59. The van der Waals surface area contributed by atoms with E-state index in [-0.39, 0.29) is 42.6 Å². The fraction of sp³-hybridized carbons (Fsp3) is 0.391. The number of ether oxygens (including phenoxy) is 2. The lowest BCUT2D eigenvalue weighted by Gasteiger charge is -2.16. The van der Waals surface area contributed by atoms with E-state index < -0.39 is 6.61 Å². The third-order valence-corrected chi connectivity index (χ3v) is 5.18. The molecule has 2 aromatic carbocycles. The van der Waals surface area contributed by atoms with Crippen molar-refractivity contribution in [3.05, 3.63) is 58.7 Å². The lowest BCUT2D eigenvalue weighted by atomic mass is 9.89. The molecule has 1 N–H and O–H groups in total. The van der Waals surface area contributed by atoms with E-state index in [0.717, 1.165) is 19.3 Å². The van der Waals surface area contributed by atoms with E-state index in [1.165, 1.54) is 36.8 Å². The number of fused-ring (bicyclic) bond motifs is 1. The number of alkyl halides is 2. The molecule has 0 spiro atoms. The van der Waals surface area contributed by atoms with Crippen LogP contribution in [-0.2, 0) is 24.2 Å². The summed E-state index contributed by atoms with van der Waals surface area (Å²) in [4.78, 5) is 24.6. The molecular formula is C23H25F2NO4.